The summed E-state index contributed by atoms with van der Waals surface area (Å²) >= 11 is 0.258. The van der Waals surface area contributed by atoms with Crippen LogP contribution in [0.25, 0.3) is 0 Å². The fraction of sp³-hybridized carbons (Fsp3) is 0.200. The van der Waals surface area contributed by atoms with E-state index in [9.17, 15) is 18.0 Å². The first-order chi connectivity index (χ1) is 9.45. The van der Waals surface area contributed by atoms with E-state index in [0.29, 0.717) is 0 Å². The average Bonchev–Trinajstić information content (AvgIpc) is 2.86. The van der Waals surface area contributed by atoms with Crippen molar-refractivity contribution in [3.63, 3.8) is 0 Å². The van der Waals surface area contributed by atoms with Crippen LogP contribution in [0.1, 0.15) is 10.6 Å². The summed E-state index contributed by atoms with van der Waals surface area (Å²) in [7, 11) is 0. The molecule has 0 spiro atoms. The Morgan fingerprint density at radius 1 is 1.35 bits per heavy atom. The van der Waals surface area contributed by atoms with E-state index in [1.54, 1.807) is 24.5 Å². The monoisotopic (exact) mass is 303 g/mol. The van der Waals surface area contributed by atoms with Crippen LogP contribution in [0.2, 0.25) is 0 Å². The molecule has 2 aromatic heterocycles. The third-order valence-corrected chi connectivity index (χ3v) is 2.95. The van der Waals surface area contributed by atoms with Gasteiger partial charge in [0.1, 0.15) is 0 Å². The Morgan fingerprint density at radius 2 is 2.15 bits per heavy atom. The minimum Gasteiger partial charge on any atom is -0.334 e. The number of pyridine rings is 1. The zero-order valence-corrected chi connectivity index (χ0v) is 10.6. The number of nitrogens with zero attached hydrogens (tertiary/aromatic N) is 3. The minimum atomic E-state index is -4.57. The fourth-order valence-corrected chi connectivity index (χ4v) is 1.82. The first-order valence-electron chi connectivity index (χ1n) is 5.29. The van der Waals surface area contributed by atoms with Crippen LogP contribution in [0.5, 0.6) is 0 Å². The van der Waals surface area contributed by atoms with E-state index in [4.69, 9.17) is 0 Å². The molecule has 0 radical (unpaired) electrons. The van der Waals surface area contributed by atoms with Gasteiger partial charge < -0.3 is 5.32 Å². The van der Waals surface area contributed by atoms with Crippen molar-refractivity contribution in [3.8, 4) is 0 Å². The Labute approximate surface area is 115 Å². The largest absolute Gasteiger partial charge is 0.445 e. The van der Waals surface area contributed by atoms with Crippen molar-refractivity contribution in [2.45, 2.75) is 12.7 Å². The molecule has 0 bridgehead atoms. The Balaban J connectivity index is 1.87. The highest BCUT2D eigenvalue weighted by atomic mass is 32.1. The summed E-state index contributed by atoms with van der Waals surface area (Å²) in [5.41, 5.74) is 0.760. The summed E-state index contributed by atoms with van der Waals surface area (Å²) in [6.07, 6.45) is -1.42. The summed E-state index contributed by atoms with van der Waals surface area (Å²) in [4.78, 5) is 15.3. The van der Waals surface area contributed by atoms with E-state index < -0.39 is 17.2 Å². The fourth-order valence-electron chi connectivity index (χ4n) is 1.21. The van der Waals surface area contributed by atoms with Gasteiger partial charge in [-0.15, -0.1) is 10.2 Å². The van der Waals surface area contributed by atoms with E-state index in [1.165, 1.54) is 0 Å². The van der Waals surface area contributed by atoms with Gasteiger partial charge in [0.2, 0.25) is 10.1 Å². The lowest BCUT2D eigenvalue weighted by molar-refractivity contribution is -0.138. The number of carbonyl (C=O) groups is 1. The Bertz CT molecular complexity index is 586. The topological polar surface area (TPSA) is 79.8 Å². The predicted molar refractivity (Wildman–Crippen MR) is 65.0 cm³/mol. The maximum atomic E-state index is 12.3. The van der Waals surface area contributed by atoms with Crippen LogP contribution in [0.4, 0.5) is 23.1 Å². The van der Waals surface area contributed by atoms with Crippen molar-refractivity contribution in [3.05, 3.63) is 35.1 Å². The molecular weight excluding hydrogens is 295 g/mol. The molecule has 2 rings (SSSR count). The number of hydrogen-bond acceptors (Lipinski definition) is 5. The van der Waals surface area contributed by atoms with Gasteiger partial charge in [-0.2, -0.15) is 13.2 Å². The number of hydrogen-bond donors (Lipinski definition) is 2. The van der Waals surface area contributed by atoms with Gasteiger partial charge in [0.05, 0.1) is 0 Å². The molecule has 0 atom stereocenters. The van der Waals surface area contributed by atoms with Gasteiger partial charge in [-0.05, 0) is 11.6 Å². The second-order valence-electron chi connectivity index (χ2n) is 3.58. The molecule has 0 unspecified atom stereocenters. The quantitative estimate of drug-likeness (QED) is 0.911. The lowest BCUT2D eigenvalue weighted by Crippen LogP contribution is -2.28. The zero-order valence-electron chi connectivity index (χ0n) is 9.81. The van der Waals surface area contributed by atoms with Crippen molar-refractivity contribution in [1.29, 1.82) is 0 Å². The average molecular weight is 303 g/mol. The molecule has 106 valence electrons. The van der Waals surface area contributed by atoms with Crippen LogP contribution in [0.15, 0.2) is 24.5 Å². The molecule has 2 N–H and O–H groups in total. The van der Waals surface area contributed by atoms with Crippen LogP contribution in [0, 0.1) is 0 Å². The van der Waals surface area contributed by atoms with Crippen LogP contribution in [-0.2, 0) is 12.7 Å². The van der Waals surface area contributed by atoms with Crippen molar-refractivity contribution in [2.75, 3.05) is 5.32 Å². The Morgan fingerprint density at radius 3 is 2.75 bits per heavy atom. The number of rotatable bonds is 3. The van der Waals surface area contributed by atoms with Crippen molar-refractivity contribution >= 4 is 22.5 Å². The lowest BCUT2D eigenvalue weighted by Gasteiger charge is -2.04. The van der Waals surface area contributed by atoms with E-state index in [2.05, 4.69) is 25.8 Å². The number of nitrogens with one attached hydrogen (secondary N) is 2. The molecule has 10 heteroatoms. The standard InChI is InChI=1S/C10H8F3N5OS/c11-10(12,13)7-17-18-9(20-7)16-8(19)15-5-6-2-1-3-14-4-6/h1-4H,5H2,(H2,15,16,18,19). The SMILES string of the molecule is O=C(NCc1cccnc1)Nc1nnc(C(F)(F)F)s1. The summed E-state index contributed by atoms with van der Waals surface area (Å²) in [5, 5.41) is 9.50. The van der Waals surface area contributed by atoms with Crippen molar-refractivity contribution in [2.24, 2.45) is 0 Å². The maximum Gasteiger partial charge on any atom is 0.445 e. The molecule has 0 aromatic carbocycles. The van der Waals surface area contributed by atoms with Gasteiger partial charge in [0.25, 0.3) is 0 Å². The van der Waals surface area contributed by atoms with E-state index in [1.807, 2.05) is 0 Å². The summed E-state index contributed by atoms with van der Waals surface area (Å²) in [6, 6.07) is 2.79. The third kappa shape index (κ3) is 3.88. The highest BCUT2D eigenvalue weighted by molar-refractivity contribution is 7.15. The molecule has 0 saturated carbocycles. The summed E-state index contributed by atoms with van der Waals surface area (Å²) in [5.74, 6) is 0. The van der Waals surface area contributed by atoms with Crippen molar-refractivity contribution in [1.82, 2.24) is 20.5 Å². The number of carbonyl (C=O) groups excluding carboxylic acids is 1. The number of halogens is 3. The van der Waals surface area contributed by atoms with E-state index >= 15 is 0 Å². The number of amides is 2. The number of aromatic nitrogens is 3. The van der Waals surface area contributed by atoms with Crippen LogP contribution < -0.4 is 10.6 Å². The molecule has 0 saturated heterocycles. The normalized spacial score (nSPS) is 11.2. The Hall–Kier alpha value is -2.23. The molecule has 0 aliphatic rings. The first kappa shape index (κ1) is 14.2. The molecule has 2 amide bonds. The van der Waals surface area contributed by atoms with Crippen LogP contribution in [0.3, 0.4) is 0 Å². The predicted octanol–water partition coefficient (Wildman–Crippen LogP) is 2.27. The Kier molecular flexibility index (Phi) is 4.13. The van der Waals surface area contributed by atoms with Gasteiger partial charge >= 0.3 is 12.2 Å². The number of alkyl halides is 3. The second kappa shape index (κ2) is 5.82. The number of urea groups is 1. The summed E-state index contributed by atoms with van der Waals surface area (Å²) in [6.45, 7) is 0.199. The molecule has 0 aliphatic carbocycles. The lowest BCUT2D eigenvalue weighted by atomic mass is 10.3. The molecular formula is C10H8F3N5OS. The van der Waals surface area contributed by atoms with Gasteiger partial charge in [0.15, 0.2) is 0 Å². The number of anilines is 1. The van der Waals surface area contributed by atoms with Gasteiger partial charge in [0, 0.05) is 18.9 Å². The molecule has 2 heterocycles. The first-order valence-corrected chi connectivity index (χ1v) is 6.11. The van der Waals surface area contributed by atoms with Crippen LogP contribution >= 0.6 is 11.3 Å². The molecule has 0 aliphatic heterocycles. The summed E-state index contributed by atoms with van der Waals surface area (Å²) < 4.78 is 36.8. The van der Waals surface area contributed by atoms with E-state index in [0.717, 1.165) is 5.56 Å². The maximum absolute atomic E-state index is 12.3. The molecule has 6 nitrogen and oxygen atoms in total. The highest BCUT2D eigenvalue weighted by Gasteiger charge is 2.35. The highest BCUT2D eigenvalue weighted by Crippen LogP contribution is 2.32. The zero-order chi connectivity index (χ0) is 14.6. The minimum absolute atomic E-state index is 0.199. The van der Waals surface area contributed by atoms with Gasteiger partial charge in [-0.3, -0.25) is 10.3 Å². The third-order valence-electron chi connectivity index (χ3n) is 2.06. The van der Waals surface area contributed by atoms with E-state index in [-0.39, 0.29) is 23.0 Å². The smallest absolute Gasteiger partial charge is 0.334 e. The van der Waals surface area contributed by atoms with Gasteiger partial charge in [-0.1, -0.05) is 17.4 Å². The van der Waals surface area contributed by atoms with Crippen molar-refractivity contribution < 1.29 is 18.0 Å². The molecule has 2 aromatic rings. The molecule has 20 heavy (non-hydrogen) atoms. The van der Waals surface area contributed by atoms with Gasteiger partial charge in [-0.25, -0.2) is 4.79 Å². The van der Waals surface area contributed by atoms with Crippen LogP contribution in [-0.4, -0.2) is 21.2 Å². The molecule has 0 fully saturated rings. The second-order valence-corrected chi connectivity index (χ2v) is 4.56.